The predicted octanol–water partition coefficient (Wildman–Crippen LogP) is 3.75. The number of aryl methyl sites for hydroxylation is 1. The van der Waals surface area contributed by atoms with Crippen molar-refractivity contribution in [3.63, 3.8) is 0 Å². The number of aromatic nitrogens is 1. The quantitative estimate of drug-likeness (QED) is 0.541. The molecule has 7 heteroatoms. The SMILES string of the molecule is CCNC(=NCc1ccc(F)cc1CSC)NCCc1ncc(C)s1. The van der Waals surface area contributed by atoms with Crippen LogP contribution in [0.4, 0.5) is 4.39 Å². The maximum Gasteiger partial charge on any atom is 0.191 e. The summed E-state index contributed by atoms with van der Waals surface area (Å²) in [6.45, 7) is 6.21. The molecule has 0 aliphatic rings. The normalized spacial score (nSPS) is 11.6. The van der Waals surface area contributed by atoms with Crippen molar-refractivity contribution in [2.75, 3.05) is 19.3 Å². The average molecular weight is 381 g/mol. The van der Waals surface area contributed by atoms with Gasteiger partial charge in [0.15, 0.2) is 5.96 Å². The number of guanidine groups is 1. The van der Waals surface area contributed by atoms with E-state index in [0.717, 1.165) is 47.4 Å². The van der Waals surface area contributed by atoms with Crippen molar-refractivity contribution in [1.82, 2.24) is 15.6 Å². The maximum atomic E-state index is 13.4. The summed E-state index contributed by atoms with van der Waals surface area (Å²) in [4.78, 5) is 10.2. The number of aliphatic imine (C=N–C) groups is 1. The third kappa shape index (κ3) is 6.66. The summed E-state index contributed by atoms with van der Waals surface area (Å²) in [5.41, 5.74) is 2.06. The second-order valence-corrected chi connectivity index (χ2v) is 7.77. The highest BCUT2D eigenvalue weighted by atomic mass is 32.2. The Labute approximate surface area is 157 Å². The Morgan fingerprint density at radius 1 is 1.32 bits per heavy atom. The molecule has 0 atom stereocenters. The summed E-state index contributed by atoms with van der Waals surface area (Å²) in [7, 11) is 0. The molecule has 2 aromatic rings. The molecular weight excluding hydrogens is 355 g/mol. The first-order valence-electron chi connectivity index (χ1n) is 8.32. The van der Waals surface area contributed by atoms with Crippen LogP contribution in [0.3, 0.4) is 0 Å². The van der Waals surface area contributed by atoms with E-state index in [-0.39, 0.29) is 5.82 Å². The number of hydrogen-bond donors (Lipinski definition) is 2. The van der Waals surface area contributed by atoms with Gasteiger partial charge in [0.1, 0.15) is 5.82 Å². The second kappa shape index (κ2) is 10.4. The molecule has 0 aliphatic heterocycles. The molecule has 4 nitrogen and oxygen atoms in total. The zero-order valence-corrected chi connectivity index (χ0v) is 16.6. The van der Waals surface area contributed by atoms with E-state index >= 15 is 0 Å². The van der Waals surface area contributed by atoms with Crippen molar-refractivity contribution in [1.29, 1.82) is 0 Å². The minimum Gasteiger partial charge on any atom is -0.357 e. The number of hydrogen-bond acceptors (Lipinski definition) is 4. The molecule has 25 heavy (non-hydrogen) atoms. The van der Waals surface area contributed by atoms with Crippen molar-refractivity contribution < 1.29 is 4.39 Å². The molecule has 0 unspecified atom stereocenters. The summed E-state index contributed by atoms with van der Waals surface area (Å²) >= 11 is 3.41. The molecule has 2 rings (SSSR count). The van der Waals surface area contributed by atoms with Crippen LogP contribution in [0.1, 0.15) is 27.9 Å². The smallest absolute Gasteiger partial charge is 0.191 e. The first-order chi connectivity index (χ1) is 12.1. The number of benzene rings is 1. The molecule has 0 spiro atoms. The Morgan fingerprint density at radius 2 is 2.16 bits per heavy atom. The van der Waals surface area contributed by atoms with Crippen LogP contribution >= 0.6 is 23.1 Å². The van der Waals surface area contributed by atoms with E-state index in [1.54, 1.807) is 29.2 Å². The Bertz CT molecular complexity index is 700. The summed E-state index contributed by atoms with van der Waals surface area (Å²) in [6.07, 6.45) is 4.79. The molecule has 136 valence electrons. The number of nitrogens with one attached hydrogen (secondary N) is 2. The van der Waals surface area contributed by atoms with Gasteiger partial charge in [0.2, 0.25) is 0 Å². The van der Waals surface area contributed by atoms with Gasteiger partial charge in [-0.3, -0.25) is 0 Å². The largest absolute Gasteiger partial charge is 0.357 e. The zero-order chi connectivity index (χ0) is 18.1. The van der Waals surface area contributed by atoms with E-state index in [4.69, 9.17) is 0 Å². The van der Waals surface area contributed by atoms with Gasteiger partial charge < -0.3 is 10.6 Å². The third-order valence-electron chi connectivity index (χ3n) is 3.52. The van der Waals surface area contributed by atoms with Crippen molar-refractivity contribution in [3.8, 4) is 0 Å². The fourth-order valence-corrected chi connectivity index (χ4v) is 3.72. The number of nitrogens with zero attached hydrogens (tertiary/aromatic N) is 2. The lowest BCUT2D eigenvalue weighted by Gasteiger charge is -2.12. The molecule has 0 aliphatic carbocycles. The van der Waals surface area contributed by atoms with Crippen molar-refractivity contribution in [3.05, 3.63) is 51.2 Å². The summed E-state index contributed by atoms with van der Waals surface area (Å²) in [6, 6.07) is 4.93. The summed E-state index contributed by atoms with van der Waals surface area (Å²) in [5, 5.41) is 7.71. The summed E-state index contributed by atoms with van der Waals surface area (Å²) in [5.74, 6) is 1.37. The predicted molar refractivity (Wildman–Crippen MR) is 107 cm³/mol. The van der Waals surface area contributed by atoms with Gasteiger partial charge >= 0.3 is 0 Å². The number of rotatable bonds is 8. The van der Waals surface area contributed by atoms with Crippen LogP contribution in [0.2, 0.25) is 0 Å². The molecule has 1 aromatic heterocycles. The lowest BCUT2D eigenvalue weighted by Crippen LogP contribution is -2.38. The molecule has 1 heterocycles. The Morgan fingerprint density at radius 3 is 2.84 bits per heavy atom. The molecule has 0 bridgehead atoms. The van der Waals surface area contributed by atoms with Crippen molar-refractivity contribution >= 4 is 29.1 Å². The average Bonchev–Trinajstić information content (AvgIpc) is 2.99. The van der Waals surface area contributed by atoms with Crippen molar-refractivity contribution in [2.45, 2.75) is 32.6 Å². The van der Waals surface area contributed by atoms with Gasteiger partial charge in [0.05, 0.1) is 11.6 Å². The van der Waals surface area contributed by atoms with Crippen LogP contribution in [-0.4, -0.2) is 30.3 Å². The Kier molecular flexibility index (Phi) is 8.21. The fraction of sp³-hybridized carbons (Fsp3) is 0.444. The first-order valence-corrected chi connectivity index (χ1v) is 10.5. The van der Waals surface area contributed by atoms with Crippen LogP contribution in [0.25, 0.3) is 0 Å². The number of thioether (sulfide) groups is 1. The van der Waals surface area contributed by atoms with Gasteiger partial charge in [-0.25, -0.2) is 14.4 Å². The van der Waals surface area contributed by atoms with E-state index < -0.39 is 0 Å². The van der Waals surface area contributed by atoms with Crippen LogP contribution in [0.5, 0.6) is 0 Å². The molecule has 0 saturated carbocycles. The molecule has 0 saturated heterocycles. The van der Waals surface area contributed by atoms with Gasteiger partial charge in [0.25, 0.3) is 0 Å². The number of halogens is 1. The van der Waals surface area contributed by atoms with E-state index in [9.17, 15) is 4.39 Å². The van der Waals surface area contributed by atoms with E-state index in [1.807, 2.05) is 25.4 Å². The molecule has 1 aromatic carbocycles. The highest BCUT2D eigenvalue weighted by molar-refractivity contribution is 7.97. The minimum atomic E-state index is -0.194. The highest BCUT2D eigenvalue weighted by Crippen LogP contribution is 2.17. The van der Waals surface area contributed by atoms with Gasteiger partial charge in [-0.15, -0.1) is 11.3 Å². The van der Waals surface area contributed by atoms with Gasteiger partial charge in [-0.1, -0.05) is 6.07 Å². The first kappa shape index (κ1) is 19.7. The molecule has 0 fully saturated rings. The highest BCUT2D eigenvalue weighted by Gasteiger charge is 2.05. The van der Waals surface area contributed by atoms with Crippen LogP contribution in [-0.2, 0) is 18.7 Å². The van der Waals surface area contributed by atoms with Gasteiger partial charge in [0, 0.05) is 36.3 Å². The van der Waals surface area contributed by atoms with Gasteiger partial charge in [-0.2, -0.15) is 11.8 Å². The molecule has 2 N–H and O–H groups in total. The van der Waals surface area contributed by atoms with E-state index in [2.05, 4.69) is 27.5 Å². The minimum absolute atomic E-state index is 0.194. The number of thiazole rings is 1. The van der Waals surface area contributed by atoms with Gasteiger partial charge in [-0.05, 0) is 43.4 Å². The van der Waals surface area contributed by atoms with Crippen LogP contribution < -0.4 is 10.6 Å². The standard InChI is InChI=1S/C18H25FN4S2/c1-4-20-18(21-8-7-17-22-10-13(2)25-17)23-11-14-5-6-16(19)9-15(14)12-24-3/h5-6,9-10H,4,7-8,11-12H2,1-3H3,(H2,20,21,23). The lowest BCUT2D eigenvalue weighted by molar-refractivity contribution is 0.625. The molecule has 0 amide bonds. The topological polar surface area (TPSA) is 49.3 Å². The Hall–Kier alpha value is -1.60. The molecule has 0 radical (unpaired) electrons. The fourth-order valence-electron chi connectivity index (χ4n) is 2.35. The molecular formula is C18H25FN4S2. The lowest BCUT2D eigenvalue weighted by atomic mass is 10.1. The third-order valence-corrected chi connectivity index (χ3v) is 5.09. The zero-order valence-electron chi connectivity index (χ0n) is 14.9. The maximum absolute atomic E-state index is 13.4. The van der Waals surface area contributed by atoms with Crippen LogP contribution in [0.15, 0.2) is 29.4 Å². The second-order valence-electron chi connectivity index (χ2n) is 5.58. The van der Waals surface area contributed by atoms with Crippen molar-refractivity contribution in [2.24, 2.45) is 4.99 Å². The monoisotopic (exact) mass is 380 g/mol. The Balaban J connectivity index is 1.96. The van der Waals surface area contributed by atoms with E-state index in [0.29, 0.717) is 6.54 Å². The summed E-state index contributed by atoms with van der Waals surface area (Å²) < 4.78 is 13.4. The van der Waals surface area contributed by atoms with E-state index in [1.165, 1.54) is 10.9 Å². The van der Waals surface area contributed by atoms with Crippen LogP contribution in [0, 0.1) is 12.7 Å².